The van der Waals surface area contributed by atoms with E-state index in [1.165, 1.54) is 17.8 Å². The van der Waals surface area contributed by atoms with Gasteiger partial charge in [-0.1, -0.05) is 6.07 Å². The van der Waals surface area contributed by atoms with Crippen LogP contribution in [-0.2, 0) is 4.79 Å². The van der Waals surface area contributed by atoms with Crippen molar-refractivity contribution in [2.75, 3.05) is 16.4 Å². The minimum absolute atomic E-state index is 0.169. The number of thioether (sulfide) groups is 1. The van der Waals surface area contributed by atoms with Gasteiger partial charge in [0.15, 0.2) is 0 Å². The van der Waals surface area contributed by atoms with Crippen molar-refractivity contribution < 1.29 is 14.3 Å². The zero-order valence-corrected chi connectivity index (χ0v) is 13.2. The Morgan fingerprint density at radius 2 is 1.96 bits per heavy atom. The topological polar surface area (TPSA) is 61.4 Å². The molecule has 0 atom stereocenters. The van der Waals surface area contributed by atoms with Crippen molar-refractivity contribution in [3.05, 3.63) is 48.3 Å². The Morgan fingerprint density at radius 1 is 1.22 bits per heavy atom. The molecule has 6 heteroatoms. The smallest absolute Gasteiger partial charge is 0.234 e. The highest BCUT2D eigenvalue weighted by Gasteiger charge is 2.23. The Labute approximate surface area is 138 Å². The van der Waals surface area contributed by atoms with E-state index in [4.69, 9.17) is 0 Å². The third kappa shape index (κ3) is 4.39. The Kier molecular flexibility index (Phi) is 4.71. The van der Waals surface area contributed by atoms with Gasteiger partial charge in [0.05, 0.1) is 11.4 Å². The highest BCUT2D eigenvalue weighted by Crippen LogP contribution is 2.31. The van der Waals surface area contributed by atoms with Gasteiger partial charge in [-0.05, 0) is 49.2 Å². The summed E-state index contributed by atoms with van der Waals surface area (Å²) in [5, 5.41) is 15.1. The number of carbonyl (C=O) groups excluding carboxylic acids is 1. The monoisotopic (exact) mass is 332 g/mol. The Morgan fingerprint density at radius 3 is 2.65 bits per heavy atom. The number of phenolic OH excluding ortho intramolecular Hbond substituents is 1. The lowest BCUT2D eigenvalue weighted by Crippen LogP contribution is -2.17. The molecule has 120 valence electrons. The number of nitrogens with one attached hydrogen (secondary N) is 2. The van der Waals surface area contributed by atoms with Crippen LogP contribution in [0.4, 0.5) is 15.8 Å². The minimum Gasteiger partial charge on any atom is -0.508 e. The summed E-state index contributed by atoms with van der Waals surface area (Å²) in [6.45, 7) is 0. The Balaban J connectivity index is 1.61. The summed E-state index contributed by atoms with van der Waals surface area (Å²) in [6, 6.07) is 11.7. The van der Waals surface area contributed by atoms with Crippen molar-refractivity contribution in [2.24, 2.45) is 0 Å². The molecule has 0 saturated heterocycles. The summed E-state index contributed by atoms with van der Waals surface area (Å²) in [5.74, 6) is -0.367. The molecule has 4 nitrogen and oxygen atoms in total. The molecule has 0 spiro atoms. The molecule has 0 radical (unpaired) electrons. The van der Waals surface area contributed by atoms with E-state index in [0.717, 1.165) is 17.7 Å². The maximum atomic E-state index is 14.0. The van der Waals surface area contributed by atoms with Crippen molar-refractivity contribution in [1.82, 2.24) is 0 Å². The van der Waals surface area contributed by atoms with Crippen LogP contribution >= 0.6 is 11.8 Å². The molecule has 0 heterocycles. The SMILES string of the molecule is O=C(CSc1ccc(O)cc1)Nc1c(F)cccc1NC1CC1. The van der Waals surface area contributed by atoms with Crippen molar-refractivity contribution in [2.45, 2.75) is 23.8 Å². The van der Waals surface area contributed by atoms with Crippen LogP contribution in [0.5, 0.6) is 5.75 Å². The molecule has 2 aromatic rings. The Bertz CT molecular complexity index is 702. The van der Waals surface area contributed by atoms with E-state index in [-0.39, 0.29) is 23.1 Å². The predicted molar refractivity (Wildman–Crippen MR) is 90.5 cm³/mol. The van der Waals surface area contributed by atoms with Gasteiger partial charge in [0.1, 0.15) is 17.3 Å². The van der Waals surface area contributed by atoms with Crippen molar-refractivity contribution in [1.29, 1.82) is 0 Å². The number of benzene rings is 2. The van der Waals surface area contributed by atoms with Crippen LogP contribution in [0.2, 0.25) is 0 Å². The molecule has 0 aliphatic heterocycles. The predicted octanol–water partition coefficient (Wildman–Crippen LogP) is 3.84. The van der Waals surface area contributed by atoms with Crippen LogP contribution in [0.1, 0.15) is 12.8 Å². The number of carbonyl (C=O) groups is 1. The average molecular weight is 332 g/mol. The number of para-hydroxylation sites is 1. The van der Waals surface area contributed by atoms with Crippen LogP contribution in [0.3, 0.4) is 0 Å². The van der Waals surface area contributed by atoms with Crippen LogP contribution < -0.4 is 10.6 Å². The summed E-state index contributed by atoms with van der Waals surface area (Å²) in [5.41, 5.74) is 0.825. The fourth-order valence-electron chi connectivity index (χ4n) is 2.09. The molecule has 0 bridgehead atoms. The zero-order chi connectivity index (χ0) is 16.2. The first-order valence-corrected chi connectivity index (χ1v) is 8.37. The summed E-state index contributed by atoms with van der Waals surface area (Å²) >= 11 is 1.33. The number of anilines is 2. The zero-order valence-electron chi connectivity index (χ0n) is 12.4. The highest BCUT2D eigenvalue weighted by atomic mass is 32.2. The molecule has 3 N–H and O–H groups in total. The van der Waals surface area contributed by atoms with Gasteiger partial charge in [-0.15, -0.1) is 11.8 Å². The summed E-state index contributed by atoms with van der Waals surface area (Å²) in [4.78, 5) is 12.9. The van der Waals surface area contributed by atoms with Gasteiger partial charge in [-0.25, -0.2) is 4.39 Å². The minimum atomic E-state index is -0.446. The van der Waals surface area contributed by atoms with E-state index >= 15 is 0 Å². The fourth-order valence-corrected chi connectivity index (χ4v) is 2.78. The maximum absolute atomic E-state index is 14.0. The number of halogens is 1. The summed E-state index contributed by atoms with van der Waals surface area (Å²) in [6.07, 6.45) is 2.14. The maximum Gasteiger partial charge on any atom is 0.234 e. The van der Waals surface area contributed by atoms with E-state index < -0.39 is 5.82 Å². The van der Waals surface area contributed by atoms with Crippen molar-refractivity contribution >= 4 is 29.0 Å². The average Bonchev–Trinajstić information content (AvgIpc) is 3.34. The molecule has 3 rings (SSSR count). The molecule has 1 fully saturated rings. The molecule has 0 aromatic heterocycles. The van der Waals surface area contributed by atoms with Gasteiger partial charge in [0.25, 0.3) is 0 Å². The molecule has 1 amide bonds. The lowest BCUT2D eigenvalue weighted by Gasteiger charge is -2.13. The number of phenols is 1. The van der Waals surface area contributed by atoms with Crippen LogP contribution in [0.15, 0.2) is 47.4 Å². The molecule has 23 heavy (non-hydrogen) atoms. The van der Waals surface area contributed by atoms with E-state index in [0.29, 0.717) is 11.7 Å². The lowest BCUT2D eigenvalue weighted by atomic mass is 10.2. The molecule has 1 aliphatic carbocycles. The molecule has 1 saturated carbocycles. The number of hydrogen-bond donors (Lipinski definition) is 3. The summed E-state index contributed by atoms with van der Waals surface area (Å²) in [7, 11) is 0. The first-order valence-electron chi connectivity index (χ1n) is 7.38. The van der Waals surface area contributed by atoms with Crippen LogP contribution in [0.25, 0.3) is 0 Å². The van der Waals surface area contributed by atoms with Gasteiger partial charge < -0.3 is 15.7 Å². The number of rotatable bonds is 6. The van der Waals surface area contributed by atoms with E-state index in [1.54, 1.807) is 36.4 Å². The van der Waals surface area contributed by atoms with Crippen LogP contribution in [0, 0.1) is 5.82 Å². The van der Waals surface area contributed by atoms with E-state index in [2.05, 4.69) is 10.6 Å². The van der Waals surface area contributed by atoms with Gasteiger partial charge in [-0.3, -0.25) is 4.79 Å². The first kappa shape index (κ1) is 15.7. The third-order valence-corrected chi connectivity index (χ3v) is 4.43. The second-order valence-corrected chi connectivity index (χ2v) is 6.46. The highest BCUT2D eigenvalue weighted by molar-refractivity contribution is 8.00. The molecule has 0 unspecified atom stereocenters. The van der Waals surface area contributed by atoms with E-state index in [9.17, 15) is 14.3 Å². The third-order valence-electron chi connectivity index (χ3n) is 3.42. The van der Waals surface area contributed by atoms with E-state index in [1.807, 2.05) is 0 Å². The first-order chi connectivity index (χ1) is 11.1. The lowest BCUT2D eigenvalue weighted by molar-refractivity contribution is -0.113. The largest absolute Gasteiger partial charge is 0.508 e. The second-order valence-electron chi connectivity index (χ2n) is 5.41. The number of amides is 1. The van der Waals surface area contributed by atoms with Gasteiger partial charge in [0.2, 0.25) is 5.91 Å². The standard InChI is InChI=1S/C17H17FN2O2S/c18-14-2-1-3-15(19-11-4-5-11)17(14)20-16(22)10-23-13-8-6-12(21)7-9-13/h1-3,6-9,11,19,21H,4-5,10H2,(H,20,22). The van der Waals surface area contributed by atoms with Crippen molar-refractivity contribution in [3.8, 4) is 5.75 Å². The summed E-state index contributed by atoms with van der Waals surface area (Å²) < 4.78 is 14.0. The molecular formula is C17H17FN2O2S. The number of aromatic hydroxyl groups is 1. The second kappa shape index (κ2) is 6.91. The molecule has 1 aliphatic rings. The Hall–Kier alpha value is -2.21. The van der Waals surface area contributed by atoms with Crippen molar-refractivity contribution in [3.63, 3.8) is 0 Å². The van der Waals surface area contributed by atoms with Gasteiger partial charge >= 0.3 is 0 Å². The van der Waals surface area contributed by atoms with Gasteiger partial charge in [0, 0.05) is 10.9 Å². The fraction of sp³-hybridized carbons (Fsp3) is 0.235. The molecular weight excluding hydrogens is 315 g/mol. The van der Waals surface area contributed by atoms with Crippen LogP contribution in [-0.4, -0.2) is 22.8 Å². The van der Waals surface area contributed by atoms with Gasteiger partial charge in [-0.2, -0.15) is 0 Å². The number of hydrogen-bond acceptors (Lipinski definition) is 4. The normalized spacial score (nSPS) is 13.6. The molecule has 2 aromatic carbocycles. The quantitative estimate of drug-likeness (QED) is 0.704.